The molecule has 30 heavy (non-hydrogen) atoms. The highest BCUT2D eigenvalue weighted by atomic mass is 16.5. The molecule has 1 aromatic rings. The molecule has 166 valence electrons. The van der Waals surface area contributed by atoms with Crippen LogP contribution in [0.5, 0.6) is 0 Å². The number of ether oxygens (including phenoxy) is 1. The molecular formula is C24H38N4O2. The minimum Gasteiger partial charge on any atom is -0.379 e. The van der Waals surface area contributed by atoms with Crippen molar-refractivity contribution in [1.82, 2.24) is 15.5 Å². The van der Waals surface area contributed by atoms with Crippen molar-refractivity contribution in [3.05, 3.63) is 29.8 Å². The summed E-state index contributed by atoms with van der Waals surface area (Å²) in [6.45, 7) is 6.36. The Morgan fingerprint density at radius 2 is 2.00 bits per heavy atom. The lowest BCUT2D eigenvalue weighted by molar-refractivity contribution is -0.140. The van der Waals surface area contributed by atoms with Crippen LogP contribution in [0.3, 0.4) is 0 Å². The summed E-state index contributed by atoms with van der Waals surface area (Å²) in [5.41, 5.74) is 2.25. The fraction of sp³-hybridized carbons (Fsp3) is 0.708. The fourth-order valence-electron chi connectivity index (χ4n) is 5.63. The molecule has 1 aliphatic carbocycles. The van der Waals surface area contributed by atoms with E-state index in [4.69, 9.17) is 4.74 Å². The Morgan fingerprint density at radius 1 is 1.23 bits per heavy atom. The van der Waals surface area contributed by atoms with E-state index >= 15 is 0 Å². The van der Waals surface area contributed by atoms with Crippen molar-refractivity contribution in [3.63, 3.8) is 0 Å². The van der Waals surface area contributed by atoms with Crippen LogP contribution in [0.15, 0.2) is 24.3 Å². The molecule has 6 heteroatoms. The third-order valence-corrected chi connectivity index (χ3v) is 7.54. The molecule has 2 aliphatic heterocycles. The lowest BCUT2D eigenvalue weighted by Gasteiger charge is -2.50. The second-order valence-corrected chi connectivity index (χ2v) is 9.46. The first-order valence-electron chi connectivity index (χ1n) is 11.7. The summed E-state index contributed by atoms with van der Waals surface area (Å²) in [6, 6.07) is 9.23. The monoisotopic (exact) mass is 414 g/mol. The van der Waals surface area contributed by atoms with E-state index < -0.39 is 0 Å². The molecule has 4 rings (SSSR count). The quantitative estimate of drug-likeness (QED) is 0.745. The van der Waals surface area contributed by atoms with E-state index in [1.165, 1.54) is 11.3 Å². The number of fused-ring (bicyclic) bond motifs is 1. The number of amides is 1. The number of morpholine rings is 1. The molecule has 6 nitrogen and oxygen atoms in total. The number of benzene rings is 1. The van der Waals surface area contributed by atoms with Gasteiger partial charge in [-0.2, -0.15) is 0 Å². The Hall–Kier alpha value is -1.63. The highest BCUT2D eigenvalue weighted by Crippen LogP contribution is 2.46. The summed E-state index contributed by atoms with van der Waals surface area (Å²) in [5, 5.41) is 6.83. The Balaban J connectivity index is 1.33. The molecule has 0 aromatic heterocycles. The number of nitrogens with one attached hydrogen (secondary N) is 2. The van der Waals surface area contributed by atoms with Crippen molar-refractivity contribution in [2.75, 3.05) is 64.9 Å². The fourth-order valence-corrected chi connectivity index (χ4v) is 5.63. The summed E-state index contributed by atoms with van der Waals surface area (Å²) >= 11 is 0. The number of piperidine rings is 1. The van der Waals surface area contributed by atoms with Crippen molar-refractivity contribution in [1.29, 1.82) is 0 Å². The molecule has 3 fully saturated rings. The van der Waals surface area contributed by atoms with Crippen LogP contribution in [0.2, 0.25) is 0 Å². The van der Waals surface area contributed by atoms with E-state index in [1.54, 1.807) is 0 Å². The van der Waals surface area contributed by atoms with Gasteiger partial charge in [0, 0.05) is 52.0 Å². The lowest BCUT2D eigenvalue weighted by atomic mass is 9.61. The molecular weight excluding hydrogens is 376 g/mol. The number of carbonyl (C=O) groups is 1. The lowest BCUT2D eigenvalue weighted by Crippen LogP contribution is -2.60. The van der Waals surface area contributed by atoms with Crippen molar-refractivity contribution in [2.45, 2.75) is 38.1 Å². The molecule has 1 saturated carbocycles. The zero-order valence-electron chi connectivity index (χ0n) is 18.7. The Morgan fingerprint density at radius 3 is 2.73 bits per heavy atom. The highest BCUT2D eigenvalue weighted by molar-refractivity contribution is 5.83. The SMILES string of the molecule is CN(C)c1ccc(CCNC(=O)[C@@]23CC[C@H](N4CCOCC4)C[C@H]2CCNC3)cc1. The van der Waals surface area contributed by atoms with E-state index in [0.29, 0.717) is 18.5 Å². The van der Waals surface area contributed by atoms with Gasteiger partial charge in [-0.05, 0) is 62.3 Å². The van der Waals surface area contributed by atoms with Gasteiger partial charge in [0.15, 0.2) is 0 Å². The first-order valence-corrected chi connectivity index (χ1v) is 11.7. The van der Waals surface area contributed by atoms with Gasteiger partial charge < -0.3 is 20.3 Å². The van der Waals surface area contributed by atoms with Crippen molar-refractivity contribution >= 4 is 11.6 Å². The molecule has 0 bridgehead atoms. The predicted octanol–water partition coefficient (Wildman–Crippen LogP) is 1.89. The maximum absolute atomic E-state index is 13.4. The second kappa shape index (κ2) is 9.67. The smallest absolute Gasteiger partial charge is 0.227 e. The molecule has 1 aromatic carbocycles. The molecule has 2 saturated heterocycles. The van der Waals surface area contributed by atoms with Crippen LogP contribution in [0, 0.1) is 11.3 Å². The largest absolute Gasteiger partial charge is 0.379 e. The summed E-state index contributed by atoms with van der Waals surface area (Å²) in [7, 11) is 4.11. The minimum absolute atomic E-state index is 0.226. The molecule has 2 N–H and O–H groups in total. The predicted molar refractivity (Wildman–Crippen MR) is 121 cm³/mol. The maximum atomic E-state index is 13.4. The Bertz CT molecular complexity index is 702. The summed E-state index contributed by atoms with van der Waals surface area (Å²) < 4.78 is 5.54. The standard InChI is InChI=1S/C24H38N4O2/c1-27(2)21-5-3-19(4-6-21)8-12-26-23(29)24-10-7-22(28-13-15-30-16-14-28)17-20(24)9-11-25-18-24/h3-6,20,22,25H,7-18H2,1-2H3,(H,26,29)/t20-,22+,24-/m1/s1. The van der Waals surface area contributed by atoms with E-state index in [-0.39, 0.29) is 11.3 Å². The third-order valence-electron chi connectivity index (χ3n) is 7.54. The highest BCUT2D eigenvalue weighted by Gasteiger charge is 2.50. The maximum Gasteiger partial charge on any atom is 0.227 e. The summed E-state index contributed by atoms with van der Waals surface area (Å²) in [6.07, 6.45) is 5.26. The molecule has 0 unspecified atom stereocenters. The molecule has 2 heterocycles. The van der Waals surface area contributed by atoms with Crippen LogP contribution in [0.1, 0.15) is 31.2 Å². The van der Waals surface area contributed by atoms with Gasteiger partial charge in [-0.25, -0.2) is 0 Å². The van der Waals surface area contributed by atoms with Crippen LogP contribution in [-0.4, -0.2) is 76.9 Å². The molecule has 1 amide bonds. The van der Waals surface area contributed by atoms with Crippen LogP contribution in [0.25, 0.3) is 0 Å². The average molecular weight is 415 g/mol. The van der Waals surface area contributed by atoms with Gasteiger partial charge in [0.2, 0.25) is 5.91 Å². The molecule has 3 aliphatic rings. The van der Waals surface area contributed by atoms with Crippen LogP contribution < -0.4 is 15.5 Å². The number of hydrogen-bond acceptors (Lipinski definition) is 5. The number of nitrogens with zero attached hydrogens (tertiary/aromatic N) is 2. The second-order valence-electron chi connectivity index (χ2n) is 9.46. The molecule has 3 atom stereocenters. The number of rotatable bonds is 6. The van der Waals surface area contributed by atoms with Gasteiger partial charge in [0.05, 0.1) is 18.6 Å². The van der Waals surface area contributed by atoms with E-state index in [9.17, 15) is 4.79 Å². The number of anilines is 1. The van der Waals surface area contributed by atoms with Gasteiger partial charge in [0.1, 0.15) is 0 Å². The van der Waals surface area contributed by atoms with Gasteiger partial charge in [0.25, 0.3) is 0 Å². The van der Waals surface area contributed by atoms with E-state index in [2.05, 4.69) is 58.8 Å². The summed E-state index contributed by atoms with van der Waals surface area (Å²) in [4.78, 5) is 18.1. The van der Waals surface area contributed by atoms with E-state index in [1.807, 2.05) is 0 Å². The van der Waals surface area contributed by atoms with Crippen molar-refractivity contribution < 1.29 is 9.53 Å². The molecule has 0 radical (unpaired) electrons. The first-order chi connectivity index (χ1) is 14.6. The first kappa shape index (κ1) is 21.6. The third kappa shape index (κ3) is 4.66. The van der Waals surface area contributed by atoms with Crippen LogP contribution in [-0.2, 0) is 16.0 Å². The van der Waals surface area contributed by atoms with Crippen molar-refractivity contribution in [3.8, 4) is 0 Å². The zero-order valence-corrected chi connectivity index (χ0v) is 18.7. The minimum atomic E-state index is -0.226. The van der Waals surface area contributed by atoms with Gasteiger partial charge in [-0.15, -0.1) is 0 Å². The summed E-state index contributed by atoms with van der Waals surface area (Å²) in [5.74, 6) is 0.754. The normalized spacial score (nSPS) is 29.8. The van der Waals surface area contributed by atoms with E-state index in [0.717, 1.165) is 71.5 Å². The van der Waals surface area contributed by atoms with Gasteiger partial charge in [-0.3, -0.25) is 9.69 Å². The van der Waals surface area contributed by atoms with Gasteiger partial charge >= 0.3 is 0 Å². The van der Waals surface area contributed by atoms with Crippen LogP contribution in [0.4, 0.5) is 5.69 Å². The number of carbonyl (C=O) groups excluding carboxylic acids is 1. The molecule has 0 spiro atoms. The Labute approximate surface area is 181 Å². The van der Waals surface area contributed by atoms with Crippen LogP contribution >= 0.6 is 0 Å². The van der Waals surface area contributed by atoms with Gasteiger partial charge in [-0.1, -0.05) is 12.1 Å². The number of hydrogen-bond donors (Lipinski definition) is 2. The Kier molecular flexibility index (Phi) is 6.96. The average Bonchev–Trinajstić information content (AvgIpc) is 2.79. The van der Waals surface area contributed by atoms with Crippen molar-refractivity contribution in [2.24, 2.45) is 11.3 Å². The topological polar surface area (TPSA) is 56.8 Å². The zero-order chi connectivity index (χ0) is 21.0.